The summed E-state index contributed by atoms with van der Waals surface area (Å²) in [4.78, 5) is 19.8. The molecule has 1 rings (SSSR count). The van der Waals surface area contributed by atoms with Crippen LogP contribution in [0.2, 0.25) is 0 Å². The van der Waals surface area contributed by atoms with E-state index in [-0.39, 0.29) is 18.8 Å². The van der Waals surface area contributed by atoms with E-state index in [9.17, 15) is 9.59 Å². The predicted octanol–water partition coefficient (Wildman–Crippen LogP) is 1.70. The Kier molecular flexibility index (Phi) is 7.31. The van der Waals surface area contributed by atoms with Crippen molar-refractivity contribution in [1.29, 1.82) is 0 Å². The summed E-state index contributed by atoms with van der Waals surface area (Å²) in [5.74, 6) is -1.77. The van der Waals surface area contributed by atoms with Gasteiger partial charge in [-0.2, -0.15) is 0 Å². The second kappa shape index (κ2) is 8.34. The van der Waals surface area contributed by atoms with Gasteiger partial charge in [0.05, 0.1) is 6.26 Å². The number of aliphatic carboxylic acids is 2. The van der Waals surface area contributed by atoms with Crippen LogP contribution in [-0.4, -0.2) is 27.3 Å². The molecule has 0 radical (unpaired) electrons. The van der Waals surface area contributed by atoms with Gasteiger partial charge in [0.2, 0.25) is 0 Å². The molecule has 1 heterocycles. The van der Waals surface area contributed by atoms with E-state index in [1.807, 2.05) is 0 Å². The SMILES string of the molecule is O=C(O)CCCCC(=O)O.Oc1ccco1. The number of carbonyl (C=O) groups is 2. The second-order valence-corrected chi connectivity index (χ2v) is 2.95. The van der Waals surface area contributed by atoms with Crippen LogP contribution in [0.25, 0.3) is 0 Å². The molecule has 6 nitrogen and oxygen atoms in total. The lowest BCUT2D eigenvalue weighted by Gasteiger charge is -1.92. The summed E-state index contributed by atoms with van der Waals surface area (Å²) < 4.78 is 4.39. The average Bonchev–Trinajstić information content (AvgIpc) is 2.64. The summed E-state index contributed by atoms with van der Waals surface area (Å²) >= 11 is 0. The second-order valence-electron chi connectivity index (χ2n) is 2.95. The van der Waals surface area contributed by atoms with Crippen LogP contribution < -0.4 is 0 Å². The summed E-state index contributed by atoms with van der Waals surface area (Å²) in [5, 5.41) is 24.6. The van der Waals surface area contributed by atoms with Crippen LogP contribution in [0.5, 0.6) is 5.95 Å². The largest absolute Gasteiger partial charge is 0.481 e. The van der Waals surface area contributed by atoms with Crippen LogP contribution in [0, 0.1) is 0 Å². The van der Waals surface area contributed by atoms with Crippen LogP contribution in [0.15, 0.2) is 22.8 Å². The van der Waals surface area contributed by atoms with Crippen molar-refractivity contribution in [2.24, 2.45) is 0 Å². The van der Waals surface area contributed by atoms with Crippen LogP contribution in [-0.2, 0) is 9.59 Å². The zero-order valence-corrected chi connectivity index (χ0v) is 8.63. The summed E-state index contributed by atoms with van der Waals surface area (Å²) in [5.41, 5.74) is 0. The summed E-state index contributed by atoms with van der Waals surface area (Å²) in [6.07, 6.45) is 2.43. The fourth-order valence-electron chi connectivity index (χ4n) is 0.822. The van der Waals surface area contributed by atoms with Crippen LogP contribution in [0.4, 0.5) is 0 Å². The van der Waals surface area contributed by atoms with Crippen molar-refractivity contribution in [2.75, 3.05) is 0 Å². The van der Waals surface area contributed by atoms with Gasteiger partial charge < -0.3 is 19.7 Å². The number of hydrogen-bond acceptors (Lipinski definition) is 4. The molecule has 0 aromatic carbocycles. The highest BCUT2D eigenvalue weighted by Gasteiger charge is 1.99. The highest BCUT2D eigenvalue weighted by Crippen LogP contribution is 2.04. The molecular weight excluding hydrogens is 216 g/mol. The monoisotopic (exact) mass is 230 g/mol. The Bertz CT molecular complexity index is 287. The minimum Gasteiger partial charge on any atom is -0.481 e. The van der Waals surface area contributed by atoms with Crippen LogP contribution in [0.1, 0.15) is 25.7 Å². The zero-order chi connectivity index (χ0) is 12.4. The predicted molar refractivity (Wildman–Crippen MR) is 54.1 cm³/mol. The number of unbranched alkanes of at least 4 members (excludes halogenated alkanes) is 1. The number of hydrogen-bond donors (Lipinski definition) is 3. The lowest BCUT2D eigenvalue weighted by molar-refractivity contribution is -0.139. The molecule has 3 N–H and O–H groups in total. The third-order valence-electron chi connectivity index (χ3n) is 1.54. The molecule has 16 heavy (non-hydrogen) atoms. The van der Waals surface area contributed by atoms with Crippen molar-refractivity contribution in [2.45, 2.75) is 25.7 Å². The highest BCUT2D eigenvalue weighted by atomic mass is 16.5. The molecule has 0 atom stereocenters. The van der Waals surface area contributed by atoms with Crippen molar-refractivity contribution >= 4 is 11.9 Å². The third kappa shape index (κ3) is 10.1. The first-order valence-corrected chi connectivity index (χ1v) is 4.68. The van der Waals surface area contributed by atoms with Gasteiger partial charge in [0.25, 0.3) is 5.95 Å². The molecule has 0 amide bonds. The number of rotatable bonds is 5. The Morgan fingerprint density at radius 1 is 1.12 bits per heavy atom. The van der Waals surface area contributed by atoms with Crippen molar-refractivity contribution in [3.05, 3.63) is 18.4 Å². The van der Waals surface area contributed by atoms with E-state index in [2.05, 4.69) is 4.42 Å². The first-order valence-electron chi connectivity index (χ1n) is 4.68. The van der Waals surface area contributed by atoms with E-state index < -0.39 is 11.9 Å². The molecular formula is C10H14O6. The minimum atomic E-state index is -0.870. The van der Waals surface area contributed by atoms with Gasteiger partial charge in [0, 0.05) is 18.9 Å². The summed E-state index contributed by atoms with van der Waals surface area (Å²) in [6, 6.07) is 3.09. The quantitative estimate of drug-likeness (QED) is 0.664. The topological polar surface area (TPSA) is 108 Å². The van der Waals surface area contributed by atoms with Gasteiger partial charge in [0.15, 0.2) is 0 Å². The summed E-state index contributed by atoms with van der Waals surface area (Å²) in [7, 11) is 0. The molecule has 0 bridgehead atoms. The molecule has 0 spiro atoms. The minimum absolute atomic E-state index is 0.0324. The first-order chi connectivity index (χ1) is 7.52. The fourth-order valence-corrected chi connectivity index (χ4v) is 0.822. The smallest absolute Gasteiger partial charge is 0.303 e. The molecule has 1 aromatic rings. The molecule has 0 fully saturated rings. The van der Waals surface area contributed by atoms with Crippen molar-refractivity contribution < 1.29 is 29.3 Å². The van der Waals surface area contributed by atoms with E-state index in [1.165, 1.54) is 12.3 Å². The van der Waals surface area contributed by atoms with E-state index in [4.69, 9.17) is 15.3 Å². The van der Waals surface area contributed by atoms with Gasteiger partial charge in [-0.1, -0.05) is 0 Å². The van der Waals surface area contributed by atoms with Crippen molar-refractivity contribution in [1.82, 2.24) is 0 Å². The van der Waals surface area contributed by atoms with Gasteiger partial charge in [0.1, 0.15) is 0 Å². The lowest BCUT2D eigenvalue weighted by atomic mass is 10.2. The fraction of sp³-hybridized carbons (Fsp3) is 0.400. The Balaban J connectivity index is 0.000000315. The molecule has 1 aromatic heterocycles. The third-order valence-corrected chi connectivity index (χ3v) is 1.54. The van der Waals surface area contributed by atoms with Crippen molar-refractivity contribution in [3.8, 4) is 5.95 Å². The molecule has 0 aliphatic carbocycles. The number of carboxylic acid groups (broad SMARTS) is 2. The normalized spacial score (nSPS) is 9.00. The van der Waals surface area contributed by atoms with Crippen LogP contribution >= 0.6 is 0 Å². The maximum atomic E-state index is 9.90. The number of furan rings is 1. The Hall–Kier alpha value is -1.98. The van der Waals surface area contributed by atoms with Gasteiger partial charge >= 0.3 is 11.9 Å². The first kappa shape index (κ1) is 14.0. The molecule has 90 valence electrons. The average molecular weight is 230 g/mol. The standard InChI is InChI=1S/C6H10O4.C4H4O2/c7-5(8)3-1-2-4-6(9)10;5-4-2-1-3-6-4/h1-4H2,(H,7,8)(H,9,10);1-3,5H. The zero-order valence-electron chi connectivity index (χ0n) is 8.63. The van der Waals surface area contributed by atoms with Crippen molar-refractivity contribution in [3.63, 3.8) is 0 Å². The van der Waals surface area contributed by atoms with E-state index in [1.54, 1.807) is 6.07 Å². The Morgan fingerprint density at radius 3 is 1.81 bits per heavy atom. The maximum Gasteiger partial charge on any atom is 0.303 e. The molecule has 0 aliphatic heterocycles. The molecule has 6 heteroatoms. The van der Waals surface area contributed by atoms with Gasteiger partial charge in [-0.25, -0.2) is 0 Å². The number of aromatic hydroxyl groups is 1. The lowest BCUT2D eigenvalue weighted by Crippen LogP contribution is -1.97. The van der Waals surface area contributed by atoms with E-state index >= 15 is 0 Å². The molecule has 0 aliphatic rings. The van der Waals surface area contributed by atoms with Gasteiger partial charge in [-0.05, 0) is 18.9 Å². The van der Waals surface area contributed by atoms with Crippen LogP contribution in [0.3, 0.4) is 0 Å². The summed E-state index contributed by atoms with van der Waals surface area (Å²) in [6.45, 7) is 0. The number of carboxylic acids is 2. The molecule has 0 saturated carbocycles. The van der Waals surface area contributed by atoms with E-state index in [0.29, 0.717) is 12.8 Å². The van der Waals surface area contributed by atoms with Gasteiger partial charge in [-0.15, -0.1) is 0 Å². The molecule has 0 unspecified atom stereocenters. The van der Waals surface area contributed by atoms with Gasteiger partial charge in [-0.3, -0.25) is 9.59 Å². The molecule has 0 saturated heterocycles. The highest BCUT2D eigenvalue weighted by molar-refractivity contribution is 5.67. The maximum absolute atomic E-state index is 9.90. The Labute approximate surface area is 92.1 Å². The van der Waals surface area contributed by atoms with E-state index in [0.717, 1.165) is 0 Å². The Morgan fingerprint density at radius 2 is 1.62 bits per heavy atom.